The molecule has 2 aliphatic heterocycles. The standard InChI is InChI=1S/C26H25ClN4O2S/c1-17-7-8-18(27)15-21(17)30-11-13-31(14-12-30)26(33)28-19-9-10-24-22(16-19)29(2)25(32)20-5-3-4-6-23(20)34-24/h3-10,15-16H,11-14H2,1-2H3,(H,28,33). The number of anilines is 3. The molecule has 6 nitrogen and oxygen atoms in total. The first-order valence-corrected chi connectivity index (χ1v) is 12.4. The highest BCUT2D eigenvalue weighted by Gasteiger charge is 2.26. The summed E-state index contributed by atoms with van der Waals surface area (Å²) >= 11 is 7.75. The van der Waals surface area contributed by atoms with Crippen LogP contribution in [0.2, 0.25) is 5.02 Å². The van der Waals surface area contributed by atoms with Crippen LogP contribution in [0.5, 0.6) is 0 Å². The number of carbonyl (C=O) groups is 2. The average molecular weight is 493 g/mol. The molecule has 0 spiro atoms. The highest BCUT2D eigenvalue weighted by Crippen LogP contribution is 2.41. The van der Waals surface area contributed by atoms with E-state index in [1.54, 1.807) is 23.7 Å². The van der Waals surface area contributed by atoms with Crippen LogP contribution in [0.15, 0.2) is 70.5 Å². The largest absolute Gasteiger partial charge is 0.368 e. The average Bonchev–Trinajstić information content (AvgIpc) is 2.95. The minimum absolute atomic E-state index is 0.0576. The fourth-order valence-electron chi connectivity index (χ4n) is 4.36. The van der Waals surface area contributed by atoms with Crippen LogP contribution >= 0.6 is 23.4 Å². The smallest absolute Gasteiger partial charge is 0.321 e. The number of hydrogen-bond acceptors (Lipinski definition) is 4. The van der Waals surface area contributed by atoms with Gasteiger partial charge in [-0.2, -0.15) is 0 Å². The number of nitrogens with one attached hydrogen (secondary N) is 1. The molecule has 3 aromatic carbocycles. The Morgan fingerprint density at radius 3 is 2.50 bits per heavy atom. The fraction of sp³-hybridized carbons (Fsp3) is 0.231. The third kappa shape index (κ3) is 4.33. The number of piperazine rings is 1. The fourth-order valence-corrected chi connectivity index (χ4v) is 5.61. The Kier molecular flexibility index (Phi) is 6.15. The lowest BCUT2D eigenvalue weighted by atomic mass is 10.1. The molecule has 174 valence electrons. The maximum absolute atomic E-state index is 13.0. The summed E-state index contributed by atoms with van der Waals surface area (Å²) in [4.78, 5) is 33.6. The summed E-state index contributed by atoms with van der Waals surface area (Å²) in [7, 11) is 1.77. The van der Waals surface area contributed by atoms with Gasteiger partial charge in [0.05, 0.1) is 11.3 Å². The Bertz CT molecular complexity index is 1270. The van der Waals surface area contributed by atoms with E-state index in [0.717, 1.165) is 34.3 Å². The summed E-state index contributed by atoms with van der Waals surface area (Å²) in [5.74, 6) is -0.0576. The van der Waals surface area contributed by atoms with Gasteiger partial charge in [0.2, 0.25) is 0 Å². The highest BCUT2D eigenvalue weighted by molar-refractivity contribution is 7.99. The molecule has 34 heavy (non-hydrogen) atoms. The van der Waals surface area contributed by atoms with Crippen LogP contribution in [-0.4, -0.2) is 50.1 Å². The Balaban J connectivity index is 1.27. The lowest BCUT2D eigenvalue weighted by molar-refractivity contribution is 0.0990. The third-order valence-corrected chi connectivity index (χ3v) is 7.67. The number of nitrogens with zero attached hydrogens (tertiary/aromatic N) is 3. The third-order valence-electron chi connectivity index (χ3n) is 6.29. The van der Waals surface area contributed by atoms with E-state index < -0.39 is 0 Å². The van der Waals surface area contributed by atoms with Gasteiger partial charge in [-0.3, -0.25) is 4.79 Å². The summed E-state index contributed by atoms with van der Waals surface area (Å²) < 4.78 is 0. The molecule has 0 saturated carbocycles. The van der Waals surface area contributed by atoms with E-state index in [1.165, 1.54) is 5.56 Å². The summed E-state index contributed by atoms with van der Waals surface area (Å²) in [6.45, 7) is 4.79. The van der Waals surface area contributed by atoms with Crippen LogP contribution < -0.4 is 15.1 Å². The van der Waals surface area contributed by atoms with Crippen molar-refractivity contribution >= 4 is 52.4 Å². The van der Waals surface area contributed by atoms with E-state index in [4.69, 9.17) is 11.6 Å². The number of urea groups is 1. The van der Waals surface area contributed by atoms with Gasteiger partial charge < -0.3 is 20.0 Å². The van der Waals surface area contributed by atoms with Crippen LogP contribution in [0.4, 0.5) is 21.9 Å². The Morgan fingerprint density at radius 1 is 0.941 bits per heavy atom. The predicted octanol–water partition coefficient (Wildman–Crippen LogP) is 5.74. The van der Waals surface area contributed by atoms with Crippen LogP contribution in [0.3, 0.4) is 0 Å². The normalized spacial score (nSPS) is 15.5. The second kappa shape index (κ2) is 9.24. The predicted molar refractivity (Wildman–Crippen MR) is 139 cm³/mol. The minimum atomic E-state index is -0.138. The zero-order chi connectivity index (χ0) is 23.8. The van der Waals surface area contributed by atoms with Gasteiger partial charge in [0.15, 0.2) is 0 Å². The number of halogens is 1. The number of carbonyl (C=O) groups excluding carboxylic acids is 2. The topological polar surface area (TPSA) is 55.9 Å². The Hall–Kier alpha value is -3.16. The molecule has 1 N–H and O–H groups in total. The van der Waals surface area contributed by atoms with E-state index in [0.29, 0.717) is 29.4 Å². The number of benzene rings is 3. The van der Waals surface area contributed by atoms with Gasteiger partial charge in [0, 0.05) is 59.4 Å². The summed E-state index contributed by atoms with van der Waals surface area (Å²) in [6.07, 6.45) is 0. The molecule has 0 bridgehead atoms. The zero-order valence-corrected chi connectivity index (χ0v) is 20.6. The minimum Gasteiger partial charge on any atom is -0.368 e. The van der Waals surface area contributed by atoms with Crippen molar-refractivity contribution in [1.82, 2.24) is 4.90 Å². The van der Waals surface area contributed by atoms with Crippen molar-refractivity contribution < 1.29 is 9.59 Å². The molecule has 0 unspecified atom stereocenters. The molecule has 5 rings (SSSR count). The Labute approximate surface area is 208 Å². The van der Waals surface area contributed by atoms with Gasteiger partial charge in [-0.15, -0.1) is 0 Å². The van der Waals surface area contributed by atoms with Crippen LogP contribution in [0.1, 0.15) is 15.9 Å². The van der Waals surface area contributed by atoms with Crippen LogP contribution in [0.25, 0.3) is 0 Å². The highest BCUT2D eigenvalue weighted by atomic mass is 35.5. The van der Waals surface area contributed by atoms with E-state index in [-0.39, 0.29) is 11.9 Å². The van der Waals surface area contributed by atoms with Crippen molar-refractivity contribution in [2.75, 3.05) is 48.3 Å². The maximum Gasteiger partial charge on any atom is 0.321 e. The van der Waals surface area contributed by atoms with E-state index in [9.17, 15) is 9.59 Å². The van der Waals surface area contributed by atoms with E-state index in [1.807, 2.05) is 65.6 Å². The first-order chi connectivity index (χ1) is 16.4. The number of hydrogen-bond donors (Lipinski definition) is 1. The first-order valence-electron chi connectivity index (χ1n) is 11.2. The van der Waals surface area contributed by atoms with Gasteiger partial charge in [0.25, 0.3) is 5.91 Å². The first kappa shape index (κ1) is 22.6. The molecule has 1 saturated heterocycles. The van der Waals surface area contributed by atoms with Crippen molar-refractivity contribution in [2.45, 2.75) is 16.7 Å². The number of rotatable bonds is 2. The van der Waals surface area contributed by atoms with Gasteiger partial charge in [-0.05, 0) is 55.0 Å². The molecule has 1 fully saturated rings. The summed E-state index contributed by atoms with van der Waals surface area (Å²) in [6, 6.07) is 19.1. The summed E-state index contributed by atoms with van der Waals surface area (Å²) in [5, 5.41) is 3.73. The molecular weight excluding hydrogens is 468 g/mol. The van der Waals surface area contributed by atoms with Crippen molar-refractivity contribution in [2.24, 2.45) is 0 Å². The van der Waals surface area contributed by atoms with Crippen molar-refractivity contribution in [3.05, 3.63) is 76.8 Å². The molecule has 3 amide bonds. The molecular formula is C26H25ClN4O2S. The van der Waals surface area contributed by atoms with Crippen molar-refractivity contribution in [3.63, 3.8) is 0 Å². The monoisotopic (exact) mass is 492 g/mol. The molecule has 3 aromatic rings. The van der Waals surface area contributed by atoms with Gasteiger partial charge >= 0.3 is 6.03 Å². The molecule has 0 atom stereocenters. The molecule has 2 heterocycles. The lowest BCUT2D eigenvalue weighted by Crippen LogP contribution is -2.50. The van der Waals surface area contributed by atoms with Gasteiger partial charge in [0.1, 0.15) is 0 Å². The molecule has 0 aliphatic carbocycles. The van der Waals surface area contributed by atoms with Gasteiger partial charge in [-0.25, -0.2) is 4.79 Å². The Morgan fingerprint density at radius 2 is 1.71 bits per heavy atom. The molecule has 8 heteroatoms. The van der Waals surface area contributed by atoms with Crippen LogP contribution in [-0.2, 0) is 0 Å². The SMILES string of the molecule is Cc1ccc(Cl)cc1N1CCN(C(=O)Nc2ccc3c(c2)N(C)C(=O)c2ccccc2S3)CC1. The molecule has 0 aromatic heterocycles. The van der Waals surface area contributed by atoms with Gasteiger partial charge in [-0.1, -0.05) is 41.6 Å². The second-order valence-electron chi connectivity index (χ2n) is 8.48. The second-order valence-corrected chi connectivity index (χ2v) is 10.0. The van der Waals surface area contributed by atoms with Crippen molar-refractivity contribution in [1.29, 1.82) is 0 Å². The van der Waals surface area contributed by atoms with Crippen LogP contribution in [0, 0.1) is 6.92 Å². The van der Waals surface area contributed by atoms with Crippen molar-refractivity contribution in [3.8, 4) is 0 Å². The molecule has 2 aliphatic rings. The molecule has 0 radical (unpaired) electrons. The lowest BCUT2D eigenvalue weighted by Gasteiger charge is -2.36. The zero-order valence-electron chi connectivity index (χ0n) is 19.0. The van der Waals surface area contributed by atoms with E-state index >= 15 is 0 Å². The quantitative estimate of drug-likeness (QED) is 0.495. The number of amides is 3. The van der Waals surface area contributed by atoms with E-state index in [2.05, 4.69) is 17.1 Å². The number of aryl methyl sites for hydroxylation is 1. The summed E-state index contributed by atoms with van der Waals surface area (Å²) in [5.41, 5.74) is 4.42. The maximum atomic E-state index is 13.0. The number of fused-ring (bicyclic) bond motifs is 2.